The van der Waals surface area contributed by atoms with E-state index in [0.29, 0.717) is 5.69 Å². The van der Waals surface area contributed by atoms with Gasteiger partial charge in [-0.15, -0.1) is 0 Å². The minimum absolute atomic E-state index is 0.174. The number of methoxy groups -OCH3 is 1. The van der Waals surface area contributed by atoms with Gasteiger partial charge in [0.15, 0.2) is 0 Å². The molecule has 0 aromatic heterocycles. The Balaban J connectivity index is 1.48. The maximum atomic E-state index is 13.8. The van der Waals surface area contributed by atoms with Crippen LogP contribution in [0.3, 0.4) is 0 Å². The van der Waals surface area contributed by atoms with Crippen molar-refractivity contribution >= 4 is 29.0 Å². The van der Waals surface area contributed by atoms with E-state index < -0.39 is 17.8 Å². The molecule has 0 unspecified atom stereocenters. The number of ether oxygens (including phenoxy) is 1. The summed E-state index contributed by atoms with van der Waals surface area (Å²) in [5, 5.41) is 0. The van der Waals surface area contributed by atoms with Crippen molar-refractivity contribution in [3.8, 4) is 0 Å². The van der Waals surface area contributed by atoms with Crippen LogP contribution in [0.5, 0.6) is 0 Å². The van der Waals surface area contributed by atoms with Gasteiger partial charge in [0.2, 0.25) is 11.8 Å². The van der Waals surface area contributed by atoms with Gasteiger partial charge in [-0.2, -0.15) is 0 Å². The average molecular weight is 462 g/mol. The SMILES string of the molecule is COC(=O)c1ccccc1N1C(=O)[C@@H]2[C@@H](C1=O)[C@H]1C=C[C@H]2C1=C(c1ccccc1)c1ccccc1. The van der Waals surface area contributed by atoms with E-state index in [1.54, 1.807) is 24.3 Å². The average Bonchev–Trinajstić information content (AvgIpc) is 3.54. The third-order valence-electron chi connectivity index (χ3n) is 7.38. The van der Waals surface area contributed by atoms with Crippen LogP contribution in [0.15, 0.2) is 103 Å². The van der Waals surface area contributed by atoms with Crippen molar-refractivity contribution in [3.63, 3.8) is 0 Å². The molecule has 2 aliphatic carbocycles. The van der Waals surface area contributed by atoms with E-state index in [4.69, 9.17) is 4.74 Å². The van der Waals surface area contributed by atoms with Crippen LogP contribution in [-0.2, 0) is 14.3 Å². The number of rotatable bonds is 4. The summed E-state index contributed by atoms with van der Waals surface area (Å²) in [4.78, 5) is 41.1. The second kappa shape index (κ2) is 8.20. The van der Waals surface area contributed by atoms with Crippen LogP contribution in [0.25, 0.3) is 5.57 Å². The molecule has 1 aliphatic heterocycles. The molecule has 3 aromatic rings. The van der Waals surface area contributed by atoms with Crippen molar-refractivity contribution in [2.75, 3.05) is 12.0 Å². The first-order chi connectivity index (χ1) is 17.1. The standard InChI is InChI=1S/C30H23NO4/c1-35-30(34)20-14-8-9-15-23(20)31-28(32)26-21-16-17-22(27(26)29(31)33)25(21)24(18-10-4-2-5-11-18)19-12-6-3-7-13-19/h2-17,21-22,26-27H,1H3/t21-,22-,26-,27-/m0/s1. The van der Waals surface area contributed by atoms with E-state index >= 15 is 0 Å². The van der Waals surface area contributed by atoms with Crippen LogP contribution < -0.4 is 4.90 Å². The molecule has 35 heavy (non-hydrogen) atoms. The van der Waals surface area contributed by atoms with Gasteiger partial charge < -0.3 is 4.74 Å². The van der Waals surface area contributed by atoms with Gasteiger partial charge in [-0.3, -0.25) is 9.59 Å². The Bertz CT molecular complexity index is 1330. The Labute approximate surface area is 203 Å². The molecule has 1 heterocycles. The summed E-state index contributed by atoms with van der Waals surface area (Å²) >= 11 is 0. The third kappa shape index (κ3) is 3.12. The molecule has 3 aromatic carbocycles. The lowest BCUT2D eigenvalue weighted by atomic mass is 9.85. The molecule has 0 spiro atoms. The monoisotopic (exact) mass is 461 g/mol. The molecule has 0 N–H and O–H groups in total. The molecule has 4 atom stereocenters. The lowest BCUT2D eigenvalue weighted by Gasteiger charge is -2.22. The summed E-state index contributed by atoms with van der Waals surface area (Å²) < 4.78 is 4.89. The van der Waals surface area contributed by atoms with Crippen molar-refractivity contribution in [2.24, 2.45) is 23.7 Å². The van der Waals surface area contributed by atoms with Crippen molar-refractivity contribution in [2.45, 2.75) is 0 Å². The van der Waals surface area contributed by atoms with E-state index in [0.717, 1.165) is 22.3 Å². The maximum Gasteiger partial charge on any atom is 0.339 e. The first-order valence-electron chi connectivity index (χ1n) is 11.7. The van der Waals surface area contributed by atoms with Gasteiger partial charge in [0.25, 0.3) is 0 Å². The lowest BCUT2D eigenvalue weighted by Crippen LogP contribution is -2.34. The molecular weight excluding hydrogens is 438 g/mol. The summed E-state index contributed by atoms with van der Waals surface area (Å²) in [6, 6.07) is 26.9. The molecule has 3 aliphatic rings. The van der Waals surface area contributed by atoms with Crippen LogP contribution in [0.2, 0.25) is 0 Å². The molecule has 1 saturated carbocycles. The normalized spacial score (nSPS) is 24.1. The number of allylic oxidation sites excluding steroid dienone is 3. The van der Waals surface area contributed by atoms with Crippen molar-refractivity contribution < 1.29 is 19.1 Å². The largest absolute Gasteiger partial charge is 0.465 e. The van der Waals surface area contributed by atoms with Gasteiger partial charge in [0.1, 0.15) is 0 Å². The summed E-state index contributed by atoms with van der Waals surface area (Å²) in [7, 11) is 1.29. The fourth-order valence-corrected chi connectivity index (χ4v) is 5.99. The third-order valence-corrected chi connectivity index (χ3v) is 7.38. The van der Waals surface area contributed by atoms with E-state index in [2.05, 4.69) is 36.4 Å². The zero-order valence-electron chi connectivity index (χ0n) is 19.1. The van der Waals surface area contributed by atoms with E-state index in [1.165, 1.54) is 12.0 Å². The molecule has 6 rings (SSSR count). The van der Waals surface area contributed by atoms with Gasteiger partial charge in [-0.25, -0.2) is 9.69 Å². The van der Waals surface area contributed by atoms with Crippen molar-refractivity contribution in [1.82, 2.24) is 0 Å². The maximum absolute atomic E-state index is 13.8. The molecule has 2 bridgehead atoms. The molecule has 172 valence electrons. The number of amides is 2. The van der Waals surface area contributed by atoms with Gasteiger partial charge in [-0.05, 0) is 34.4 Å². The topological polar surface area (TPSA) is 63.7 Å². The molecule has 5 heteroatoms. The molecule has 2 amide bonds. The summed E-state index contributed by atoms with van der Waals surface area (Å²) in [5.41, 5.74) is 4.85. The smallest absolute Gasteiger partial charge is 0.339 e. The van der Waals surface area contributed by atoms with Gasteiger partial charge in [-0.1, -0.05) is 84.9 Å². The van der Waals surface area contributed by atoms with E-state index in [9.17, 15) is 14.4 Å². The highest BCUT2D eigenvalue weighted by Crippen LogP contribution is 2.59. The highest BCUT2D eigenvalue weighted by molar-refractivity contribution is 6.25. The number of carbonyl (C=O) groups is 3. The Morgan fingerprint density at radius 1 is 0.714 bits per heavy atom. The molecule has 5 nitrogen and oxygen atoms in total. The number of para-hydroxylation sites is 1. The Morgan fingerprint density at radius 3 is 1.71 bits per heavy atom. The highest BCUT2D eigenvalue weighted by Gasteiger charge is 2.62. The lowest BCUT2D eigenvalue weighted by molar-refractivity contribution is -0.122. The number of esters is 1. The summed E-state index contributed by atoms with van der Waals surface area (Å²) in [6.45, 7) is 0. The zero-order valence-corrected chi connectivity index (χ0v) is 19.1. The number of hydrogen-bond acceptors (Lipinski definition) is 4. The zero-order chi connectivity index (χ0) is 24.1. The number of nitrogens with zero attached hydrogens (tertiary/aromatic N) is 1. The number of benzene rings is 3. The minimum Gasteiger partial charge on any atom is -0.465 e. The van der Waals surface area contributed by atoms with E-state index in [1.807, 2.05) is 36.4 Å². The van der Waals surface area contributed by atoms with Crippen molar-refractivity contribution in [1.29, 1.82) is 0 Å². The first kappa shape index (κ1) is 21.3. The summed E-state index contributed by atoms with van der Waals surface area (Å²) in [5.74, 6) is -2.41. The van der Waals surface area contributed by atoms with Crippen LogP contribution in [-0.4, -0.2) is 24.9 Å². The molecular formula is C30H23NO4. The predicted molar refractivity (Wildman–Crippen MR) is 132 cm³/mol. The fourth-order valence-electron chi connectivity index (χ4n) is 5.99. The Hall–Kier alpha value is -4.25. The van der Waals surface area contributed by atoms with Crippen LogP contribution in [0, 0.1) is 23.7 Å². The second-order valence-electron chi connectivity index (χ2n) is 9.07. The minimum atomic E-state index is -0.574. The Kier molecular flexibility index (Phi) is 4.99. The van der Waals surface area contributed by atoms with Crippen molar-refractivity contribution in [3.05, 3.63) is 119 Å². The molecule has 2 fully saturated rings. The molecule has 1 saturated heterocycles. The quantitative estimate of drug-likeness (QED) is 0.315. The molecule has 0 radical (unpaired) electrons. The highest BCUT2D eigenvalue weighted by atomic mass is 16.5. The number of fused-ring (bicyclic) bond motifs is 5. The van der Waals surface area contributed by atoms with E-state index in [-0.39, 0.29) is 29.2 Å². The second-order valence-corrected chi connectivity index (χ2v) is 9.07. The van der Waals surface area contributed by atoms with Crippen LogP contribution in [0.1, 0.15) is 21.5 Å². The van der Waals surface area contributed by atoms with Crippen LogP contribution in [0.4, 0.5) is 5.69 Å². The number of imide groups is 1. The van der Waals surface area contributed by atoms with Gasteiger partial charge in [0.05, 0.1) is 30.2 Å². The number of carbonyl (C=O) groups excluding carboxylic acids is 3. The van der Waals surface area contributed by atoms with Gasteiger partial charge >= 0.3 is 5.97 Å². The first-order valence-corrected chi connectivity index (χ1v) is 11.7. The summed E-state index contributed by atoms with van der Waals surface area (Å²) in [6.07, 6.45) is 4.15. The number of anilines is 1. The fraction of sp³-hybridized carbons (Fsp3) is 0.167. The van der Waals surface area contributed by atoms with Crippen LogP contribution >= 0.6 is 0 Å². The van der Waals surface area contributed by atoms with Gasteiger partial charge in [0, 0.05) is 11.8 Å². The predicted octanol–water partition coefficient (Wildman–Crippen LogP) is 4.90. The number of hydrogen-bond donors (Lipinski definition) is 0. The Morgan fingerprint density at radius 2 is 1.20 bits per heavy atom.